The highest BCUT2D eigenvalue weighted by Crippen LogP contribution is 1.96. The molecule has 0 heterocycles. The van der Waals surface area contributed by atoms with Gasteiger partial charge in [-0.05, 0) is 13.8 Å². The zero-order valence-corrected chi connectivity index (χ0v) is 6.83. The van der Waals surface area contributed by atoms with Gasteiger partial charge in [0.2, 0.25) is 0 Å². The lowest BCUT2D eigenvalue weighted by molar-refractivity contribution is -0.0502. The molecule has 3 nitrogen and oxygen atoms in total. The summed E-state index contributed by atoms with van der Waals surface area (Å²) < 4.78 is 10.1. The Morgan fingerprint density at radius 1 is 1.30 bits per heavy atom. The van der Waals surface area contributed by atoms with E-state index in [1.54, 1.807) is 7.11 Å². The summed E-state index contributed by atoms with van der Waals surface area (Å²) in [5.74, 6) is 0. The van der Waals surface area contributed by atoms with Gasteiger partial charge < -0.3 is 14.6 Å². The number of rotatable bonds is 5. The van der Waals surface area contributed by atoms with Crippen LogP contribution in [0.3, 0.4) is 0 Å². The highest BCUT2D eigenvalue weighted by Gasteiger charge is 2.05. The van der Waals surface area contributed by atoms with E-state index in [-0.39, 0.29) is 18.8 Å². The number of methoxy groups -OCH3 is 1. The molecule has 10 heavy (non-hydrogen) atoms. The van der Waals surface area contributed by atoms with Crippen molar-refractivity contribution in [3.05, 3.63) is 0 Å². The molecule has 2 unspecified atom stereocenters. The fourth-order valence-corrected chi connectivity index (χ4v) is 0.714. The summed E-state index contributed by atoms with van der Waals surface area (Å²) in [5.41, 5.74) is 0. The second kappa shape index (κ2) is 5.65. The lowest BCUT2D eigenvalue weighted by Gasteiger charge is -2.16. The van der Waals surface area contributed by atoms with Gasteiger partial charge in [-0.2, -0.15) is 0 Å². The van der Waals surface area contributed by atoms with Gasteiger partial charge in [-0.1, -0.05) is 0 Å². The highest BCUT2D eigenvalue weighted by molar-refractivity contribution is 4.51. The van der Waals surface area contributed by atoms with Crippen LogP contribution in [0.25, 0.3) is 0 Å². The largest absolute Gasteiger partial charge is 0.394 e. The molecule has 0 aromatic rings. The fourth-order valence-electron chi connectivity index (χ4n) is 0.714. The van der Waals surface area contributed by atoms with Crippen LogP contribution in [0.15, 0.2) is 0 Å². The molecular formula is C7H16O3. The molecule has 3 heteroatoms. The molecule has 0 saturated heterocycles. The molecule has 0 rings (SSSR count). The van der Waals surface area contributed by atoms with Crippen LogP contribution in [-0.4, -0.2) is 37.6 Å². The molecule has 1 N–H and O–H groups in total. The number of aliphatic hydroxyl groups excluding tert-OH is 1. The first-order valence-electron chi connectivity index (χ1n) is 3.46. The van der Waals surface area contributed by atoms with Gasteiger partial charge in [0.1, 0.15) is 0 Å². The van der Waals surface area contributed by atoms with E-state index in [2.05, 4.69) is 0 Å². The molecule has 0 amide bonds. The van der Waals surface area contributed by atoms with E-state index in [1.165, 1.54) is 0 Å². The van der Waals surface area contributed by atoms with E-state index in [0.717, 1.165) is 0 Å². The minimum atomic E-state index is -0.0925. The Morgan fingerprint density at radius 3 is 2.30 bits per heavy atom. The molecule has 2 atom stereocenters. The normalized spacial score (nSPS) is 16.8. The van der Waals surface area contributed by atoms with Crippen molar-refractivity contribution < 1.29 is 14.6 Å². The second-order valence-electron chi connectivity index (χ2n) is 2.40. The van der Waals surface area contributed by atoms with Crippen molar-refractivity contribution in [1.29, 1.82) is 0 Å². The fraction of sp³-hybridized carbons (Fsp3) is 1.00. The zero-order valence-electron chi connectivity index (χ0n) is 6.83. The van der Waals surface area contributed by atoms with Crippen LogP contribution in [-0.2, 0) is 9.47 Å². The van der Waals surface area contributed by atoms with Gasteiger partial charge in [0.15, 0.2) is 0 Å². The molecule has 0 bridgehead atoms. The summed E-state index contributed by atoms with van der Waals surface area (Å²) >= 11 is 0. The first-order chi connectivity index (χ1) is 4.70. The Labute approximate surface area is 62.0 Å². The Balaban J connectivity index is 3.27. The molecule has 0 radical (unpaired) electrons. The Bertz CT molecular complexity index is 75.3. The minimum absolute atomic E-state index is 0.0622. The number of hydrogen-bond acceptors (Lipinski definition) is 3. The van der Waals surface area contributed by atoms with E-state index in [9.17, 15) is 0 Å². The van der Waals surface area contributed by atoms with Crippen LogP contribution in [0.1, 0.15) is 13.8 Å². The monoisotopic (exact) mass is 148 g/mol. The van der Waals surface area contributed by atoms with Crippen LogP contribution in [0, 0.1) is 0 Å². The first-order valence-corrected chi connectivity index (χ1v) is 3.46. The molecule has 0 spiro atoms. The van der Waals surface area contributed by atoms with Crippen molar-refractivity contribution in [1.82, 2.24) is 0 Å². The molecule has 0 fully saturated rings. The third-order valence-electron chi connectivity index (χ3n) is 1.12. The Kier molecular flexibility index (Phi) is 5.58. The molecule has 0 aromatic heterocycles. The number of hydrogen-bond donors (Lipinski definition) is 1. The predicted octanol–water partition coefficient (Wildman–Crippen LogP) is 0.419. The van der Waals surface area contributed by atoms with Crippen molar-refractivity contribution in [2.45, 2.75) is 26.1 Å². The number of aliphatic hydroxyl groups is 1. The molecule has 0 aliphatic carbocycles. The lowest BCUT2D eigenvalue weighted by Crippen LogP contribution is -2.23. The summed E-state index contributed by atoms with van der Waals surface area (Å²) in [6.07, 6.45) is -0.0303. The molecule has 0 aliphatic rings. The van der Waals surface area contributed by atoms with Gasteiger partial charge in [-0.3, -0.25) is 0 Å². The predicted molar refractivity (Wildman–Crippen MR) is 39.0 cm³/mol. The SMILES string of the molecule is COCC(C)OC(C)CO. The van der Waals surface area contributed by atoms with Crippen LogP contribution in [0.4, 0.5) is 0 Å². The summed E-state index contributed by atoms with van der Waals surface area (Å²) in [6, 6.07) is 0. The molecular weight excluding hydrogens is 132 g/mol. The van der Waals surface area contributed by atoms with Crippen molar-refractivity contribution in [2.75, 3.05) is 20.3 Å². The summed E-state index contributed by atoms with van der Waals surface area (Å²) in [6.45, 7) is 4.38. The Morgan fingerprint density at radius 2 is 1.90 bits per heavy atom. The molecule has 0 saturated carbocycles. The van der Waals surface area contributed by atoms with Crippen LogP contribution >= 0.6 is 0 Å². The second-order valence-corrected chi connectivity index (χ2v) is 2.40. The van der Waals surface area contributed by atoms with Gasteiger partial charge in [0.05, 0.1) is 25.4 Å². The van der Waals surface area contributed by atoms with Gasteiger partial charge in [0, 0.05) is 7.11 Å². The average Bonchev–Trinajstić information content (AvgIpc) is 1.88. The zero-order chi connectivity index (χ0) is 7.98. The molecule has 0 aromatic carbocycles. The van der Waals surface area contributed by atoms with Gasteiger partial charge in [0.25, 0.3) is 0 Å². The molecule has 62 valence electrons. The van der Waals surface area contributed by atoms with Crippen LogP contribution < -0.4 is 0 Å². The van der Waals surface area contributed by atoms with Gasteiger partial charge in [-0.15, -0.1) is 0 Å². The van der Waals surface area contributed by atoms with Crippen LogP contribution in [0.2, 0.25) is 0 Å². The van der Waals surface area contributed by atoms with E-state index in [1.807, 2.05) is 13.8 Å². The van der Waals surface area contributed by atoms with Crippen LogP contribution in [0.5, 0.6) is 0 Å². The van der Waals surface area contributed by atoms with Gasteiger partial charge >= 0.3 is 0 Å². The smallest absolute Gasteiger partial charge is 0.0785 e. The maximum absolute atomic E-state index is 8.59. The Hall–Kier alpha value is -0.120. The third-order valence-corrected chi connectivity index (χ3v) is 1.12. The quantitative estimate of drug-likeness (QED) is 0.614. The summed E-state index contributed by atoms with van der Waals surface area (Å²) in [4.78, 5) is 0. The van der Waals surface area contributed by atoms with Crippen molar-refractivity contribution in [2.24, 2.45) is 0 Å². The van der Waals surface area contributed by atoms with E-state index >= 15 is 0 Å². The van der Waals surface area contributed by atoms with Gasteiger partial charge in [-0.25, -0.2) is 0 Å². The minimum Gasteiger partial charge on any atom is -0.394 e. The van der Waals surface area contributed by atoms with E-state index < -0.39 is 0 Å². The highest BCUT2D eigenvalue weighted by atomic mass is 16.5. The van der Waals surface area contributed by atoms with Crippen molar-refractivity contribution in [3.8, 4) is 0 Å². The topological polar surface area (TPSA) is 38.7 Å². The van der Waals surface area contributed by atoms with Crippen molar-refractivity contribution in [3.63, 3.8) is 0 Å². The standard InChI is InChI=1S/C7H16O3/c1-6(4-8)10-7(2)5-9-3/h6-8H,4-5H2,1-3H3. The summed E-state index contributed by atoms with van der Waals surface area (Å²) in [7, 11) is 1.63. The van der Waals surface area contributed by atoms with E-state index in [0.29, 0.717) is 6.61 Å². The van der Waals surface area contributed by atoms with Crippen molar-refractivity contribution >= 4 is 0 Å². The first kappa shape index (κ1) is 9.88. The molecule has 0 aliphatic heterocycles. The summed E-state index contributed by atoms with van der Waals surface area (Å²) in [5, 5.41) is 8.59. The number of ether oxygens (including phenoxy) is 2. The van der Waals surface area contributed by atoms with E-state index in [4.69, 9.17) is 14.6 Å². The lowest BCUT2D eigenvalue weighted by atomic mass is 10.4. The third kappa shape index (κ3) is 4.73. The maximum atomic E-state index is 8.59. The maximum Gasteiger partial charge on any atom is 0.0785 e. The average molecular weight is 148 g/mol.